The van der Waals surface area contributed by atoms with Crippen LogP contribution in [0.1, 0.15) is 57.4 Å². The molecule has 1 aliphatic carbocycles. The SMILES string of the molecule is CC1(c2csc(C(=O)c3cncnc3C[C@@H]3C[C@H](COS(N)(=O)=O)[C@@H](O)C3)c2)NCCc2ccc(Cl)cc21. The van der Waals surface area contributed by atoms with E-state index in [1.54, 1.807) is 0 Å². The Balaban J connectivity index is 1.35. The number of fused-ring (bicyclic) bond motifs is 1. The summed E-state index contributed by atoms with van der Waals surface area (Å²) in [5.41, 5.74) is 3.88. The van der Waals surface area contributed by atoms with E-state index in [2.05, 4.69) is 28.3 Å². The first-order valence-corrected chi connectivity index (χ1v) is 15.1. The van der Waals surface area contributed by atoms with Gasteiger partial charge in [0.1, 0.15) is 6.33 Å². The van der Waals surface area contributed by atoms with Crippen LogP contribution in [-0.4, -0.2) is 48.5 Å². The molecule has 4 atom stereocenters. The molecule has 5 rings (SSSR count). The van der Waals surface area contributed by atoms with E-state index in [0.717, 1.165) is 24.1 Å². The van der Waals surface area contributed by atoms with Crippen molar-refractivity contribution < 1.29 is 22.5 Å². The van der Waals surface area contributed by atoms with E-state index in [1.807, 2.05) is 23.6 Å². The molecule has 1 aromatic carbocycles. The Morgan fingerprint density at radius 1 is 1.34 bits per heavy atom. The highest BCUT2D eigenvalue weighted by Gasteiger charge is 2.36. The highest BCUT2D eigenvalue weighted by atomic mass is 35.5. The molecule has 0 amide bonds. The van der Waals surface area contributed by atoms with E-state index in [-0.39, 0.29) is 24.2 Å². The minimum atomic E-state index is -4.08. The molecular weight excluding hydrogens is 548 g/mol. The van der Waals surface area contributed by atoms with Crippen LogP contribution in [-0.2, 0) is 32.9 Å². The fourth-order valence-electron chi connectivity index (χ4n) is 5.61. The molecule has 12 heteroatoms. The van der Waals surface area contributed by atoms with Gasteiger partial charge < -0.3 is 10.4 Å². The number of aromatic nitrogens is 2. The molecule has 1 unspecified atom stereocenters. The number of nitrogens with two attached hydrogens (primary N) is 1. The largest absolute Gasteiger partial charge is 0.393 e. The fourth-order valence-corrected chi connectivity index (χ4v) is 7.11. The van der Waals surface area contributed by atoms with Gasteiger partial charge in [-0.2, -0.15) is 8.42 Å². The van der Waals surface area contributed by atoms with Crippen LogP contribution in [0, 0.1) is 11.8 Å². The number of thiophene rings is 1. The Morgan fingerprint density at radius 2 is 2.16 bits per heavy atom. The number of aliphatic hydroxyl groups excluding tert-OH is 1. The standard InChI is InChI=1S/C26H29ClN4O5S2/c1-26(21-10-19(27)3-2-16(21)4-5-31-26)18-9-24(37-13-18)25(33)20-11-29-14-30-22(20)7-15-6-17(23(32)8-15)12-36-38(28,34)35/h2-3,9-11,13-15,17,23,31-32H,4-8,12H2,1H3,(H2,28,34,35)/t15-,17+,23-,26?/m0/s1. The van der Waals surface area contributed by atoms with Crippen molar-refractivity contribution in [2.75, 3.05) is 13.2 Å². The van der Waals surface area contributed by atoms with Crippen molar-refractivity contribution in [1.82, 2.24) is 15.3 Å². The van der Waals surface area contributed by atoms with E-state index in [1.165, 1.54) is 29.4 Å². The minimum absolute atomic E-state index is 0.00558. The van der Waals surface area contributed by atoms with Gasteiger partial charge in [-0.3, -0.25) is 8.98 Å². The van der Waals surface area contributed by atoms with Gasteiger partial charge in [0.05, 0.1) is 34.4 Å². The van der Waals surface area contributed by atoms with Crippen LogP contribution in [0.4, 0.5) is 0 Å². The first-order valence-electron chi connectivity index (χ1n) is 12.3. The summed E-state index contributed by atoms with van der Waals surface area (Å²) >= 11 is 7.70. The van der Waals surface area contributed by atoms with Gasteiger partial charge in [-0.25, -0.2) is 15.1 Å². The summed E-state index contributed by atoms with van der Waals surface area (Å²) in [7, 11) is -4.08. The van der Waals surface area contributed by atoms with Gasteiger partial charge >= 0.3 is 10.3 Å². The van der Waals surface area contributed by atoms with Crippen LogP contribution in [0.5, 0.6) is 0 Å². The molecule has 9 nitrogen and oxygen atoms in total. The van der Waals surface area contributed by atoms with Crippen molar-refractivity contribution in [2.45, 2.75) is 44.2 Å². The normalized spacial score (nSPS) is 25.3. The third kappa shape index (κ3) is 5.69. The maximum atomic E-state index is 13.6. The number of nitrogens with one attached hydrogen (secondary N) is 1. The lowest BCUT2D eigenvalue weighted by atomic mass is 9.79. The monoisotopic (exact) mass is 576 g/mol. The number of rotatable bonds is 8. The number of ketones is 1. The molecule has 3 aromatic rings. The molecule has 0 spiro atoms. The number of halogens is 1. The Morgan fingerprint density at radius 3 is 2.95 bits per heavy atom. The zero-order chi connectivity index (χ0) is 27.1. The van der Waals surface area contributed by atoms with Crippen LogP contribution >= 0.6 is 22.9 Å². The summed E-state index contributed by atoms with van der Waals surface area (Å²) in [4.78, 5) is 22.7. The lowest BCUT2D eigenvalue weighted by Gasteiger charge is -2.37. The number of aliphatic hydroxyl groups is 1. The first kappa shape index (κ1) is 27.3. The average Bonchev–Trinajstić information content (AvgIpc) is 3.50. The van der Waals surface area contributed by atoms with Crippen LogP contribution < -0.4 is 10.5 Å². The maximum Gasteiger partial charge on any atom is 0.333 e. The summed E-state index contributed by atoms with van der Waals surface area (Å²) in [6.07, 6.45) is 4.57. The topological polar surface area (TPSA) is 144 Å². The third-order valence-corrected chi connectivity index (χ3v) is 9.24. The van der Waals surface area contributed by atoms with E-state index in [0.29, 0.717) is 40.4 Å². The lowest BCUT2D eigenvalue weighted by molar-refractivity contribution is 0.100. The van der Waals surface area contributed by atoms with E-state index >= 15 is 0 Å². The number of hydrogen-bond donors (Lipinski definition) is 3. The second-order valence-electron chi connectivity index (χ2n) is 10.2. The van der Waals surface area contributed by atoms with Gasteiger partial charge in [-0.15, -0.1) is 11.3 Å². The molecule has 0 radical (unpaired) electrons. The Hall–Kier alpha value is -2.25. The number of nitrogens with zero attached hydrogens (tertiary/aromatic N) is 2. The summed E-state index contributed by atoms with van der Waals surface area (Å²) in [5, 5.41) is 21.6. The Labute approximate surface area is 230 Å². The van der Waals surface area contributed by atoms with Gasteiger partial charge in [-0.05, 0) is 78.8 Å². The second-order valence-corrected chi connectivity index (χ2v) is 12.7. The predicted molar refractivity (Wildman–Crippen MR) is 144 cm³/mol. The molecule has 38 heavy (non-hydrogen) atoms. The smallest absolute Gasteiger partial charge is 0.333 e. The lowest BCUT2D eigenvalue weighted by Crippen LogP contribution is -2.45. The highest BCUT2D eigenvalue weighted by molar-refractivity contribution is 7.84. The van der Waals surface area contributed by atoms with Crippen molar-refractivity contribution in [3.63, 3.8) is 0 Å². The number of carbonyl (C=O) groups excluding carboxylic acids is 1. The number of hydrogen-bond acceptors (Lipinski definition) is 9. The first-order chi connectivity index (χ1) is 18.0. The second kappa shape index (κ2) is 10.7. The molecule has 202 valence electrons. The van der Waals surface area contributed by atoms with Crippen molar-refractivity contribution in [2.24, 2.45) is 17.0 Å². The molecule has 0 saturated heterocycles. The third-order valence-electron chi connectivity index (χ3n) is 7.61. The van der Waals surface area contributed by atoms with E-state index in [4.69, 9.17) is 20.9 Å². The molecule has 3 heterocycles. The van der Waals surface area contributed by atoms with Crippen LogP contribution in [0.3, 0.4) is 0 Å². The fraction of sp³-hybridized carbons (Fsp3) is 0.423. The van der Waals surface area contributed by atoms with Crippen LogP contribution in [0.15, 0.2) is 42.2 Å². The number of carbonyl (C=O) groups is 1. The summed E-state index contributed by atoms with van der Waals surface area (Å²) < 4.78 is 27.0. The molecule has 2 aliphatic rings. The van der Waals surface area contributed by atoms with Gasteiger partial charge in [-0.1, -0.05) is 17.7 Å². The molecular formula is C26H29ClN4O5S2. The highest BCUT2D eigenvalue weighted by Crippen LogP contribution is 2.39. The van der Waals surface area contributed by atoms with Crippen molar-refractivity contribution >= 4 is 39.0 Å². The van der Waals surface area contributed by atoms with Gasteiger partial charge in [0, 0.05) is 23.7 Å². The molecule has 1 fully saturated rings. The van der Waals surface area contributed by atoms with Crippen LogP contribution in [0.2, 0.25) is 5.02 Å². The van der Waals surface area contributed by atoms with Crippen LogP contribution in [0.25, 0.3) is 0 Å². The molecule has 2 aromatic heterocycles. The molecule has 1 saturated carbocycles. The van der Waals surface area contributed by atoms with Gasteiger partial charge in [0.15, 0.2) is 0 Å². The van der Waals surface area contributed by atoms with Gasteiger partial charge in [0.25, 0.3) is 0 Å². The summed E-state index contributed by atoms with van der Waals surface area (Å²) in [6, 6.07) is 7.88. The quantitative estimate of drug-likeness (QED) is 0.347. The summed E-state index contributed by atoms with van der Waals surface area (Å²) in [6.45, 7) is 2.75. The maximum absolute atomic E-state index is 13.6. The molecule has 1 aliphatic heterocycles. The van der Waals surface area contributed by atoms with E-state index in [9.17, 15) is 18.3 Å². The summed E-state index contributed by atoms with van der Waals surface area (Å²) in [5.74, 6) is -0.513. The molecule has 4 N–H and O–H groups in total. The number of benzene rings is 1. The Kier molecular flexibility index (Phi) is 7.71. The van der Waals surface area contributed by atoms with Crippen molar-refractivity contribution in [3.8, 4) is 0 Å². The zero-order valence-corrected chi connectivity index (χ0v) is 23.2. The molecule has 0 bridgehead atoms. The zero-order valence-electron chi connectivity index (χ0n) is 20.8. The average molecular weight is 577 g/mol. The Bertz CT molecular complexity index is 1460. The van der Waals surface area contributed by atoms with Crippen molar-refractivity contribution in [1.29, 1.82) is 0 Å². The minimum Gasteiger partial charge on any atom is -0.393 e. The predicted octanol–water partition coefficient (Wildman–Crippen LogP) is 2.98. The van der Waals surface area contributed by atoms with Gasteiger partial charge in [0.2, 0.25) is 5.78 Å². The van der Waals surface area contributed by atoms with Crippen molar-refractivity contribution in [3.05, 3.63) is 80.0 Å². The van der Waals surface area contributed by atoms with E-state index < -0.39 is 21.9 Å².